The summed E-state index contributed by atoms with van der Waals surface area (Å²) in [6.45, 7) is 0. The fourth-order valence-electron chi connectivity index (χ4n) is 6.60. The van der Waals surface area contributed by atoms with Crippen molar-refractivity contribution < 1.29 is 18.1 Å². The van der Waals surface area contributed by atoms with E-state index in [1.54, 1.807) is 12.1 Å². The van der Waals surface area contributed by atoms with Gasteiger partial charge < -0.3 is 4.42 Å². The van der Waals surface area contributed by atoms with Gasteiger partial charge in [-0.25, -0.2) is 15.0 Å². The zero-order valence-electron chi connectivity index (χ0n) is 36.7. The van der Waals surface area contributed by atoms with E-state index >= 15 is 0 Å². The molecule has 0 unspecified atom stereocenters. The Morgan fingerprint density at radius 2 is 1.02 bits per heavy atom. The second-order valence-corrected chi connectivity index (χ2v) is 12.1. The summed E-state index contributed by atoms with van der Waals surface area (Å²) in [5, 5.41) is 4.39. The fraction of sp³-hybridized carbons (Fsp3) is 0. The van der Waals surface area contributed by atoms with Gasteiger partial charge in [-0.2, -0.15) is 0 Å². The number of aromatic nitrogens is 3. The van der Waals surface area contributed by atoms with Crippen LogP contribution >= 0.6 is 0 Å². The molecule has 238 valence electrons. The highest BCUT2D eigenvalue weighted by molar-refractivity contribution is 6.11. The van der Waals surface area contributed by atoms with E-state index < -0.39 is 18.1 Å². The van der Waals surface area contributed by atoms with E-state index in [1.807, 2.05) is 91.0 Å². The van der Waals surface area contributed by atoms with Gasteiger partial charge in [0.25, 0.3) is 0 Å². The third-order valence-electron chi connectivity index (χ3n) is 9.05. The minimum Gasteiger partial charge on any atom is -0.456 e. The molecule has 0 aliphatic carbocycles. The predicted molar refractivity (Wildman–Crippen MR) is 209 cm³/mol. The molecule has 0 radical (unpaired) electrons. The lowest BCUT2D eigenvalue weighted by Gasteiger charge is -2.14. The molecule has 0 saturated carbocycles. The van der Waals surface area contributed by atoms with Crippen molar-refractivity contribution in [3.05, 3.63) is 176 Å². The van der Waals surface area contributed by atoms with Gasteiger partial charge in [0.15, 0.2) is 17.5 Å². The van der Waals surface area contributed by atoms with Crippen LogP contribution in [-0.4, -0.2) is 15.0 Å². The maximum absolute atomic E-state index is 9.21. The normalized spacial score (nSPS) is 14.3. The Hall–Kier alpha value is -6.91. The minimum absolute atomic E-state index is 0.00338. The zero-order valence-corrected chi connectivity index (χ0v) is 26.7. The lowest BCUT2D eigenvalue weighted by molar-refractivity contribution is 0.669. The third-order valence-corrected chi connectivity index (χ3v) is 9.05. The molecule has 0 aliphatic rings. The van der Waals surface area contributed by atoms with Crippen molar-refractivity contribution in [1.82, 2.24) is 15.0 Å². The van der Waals surface area contributed by atoms with E-state index in [1.165, 1.54) is 12.1 Å². The Labute approximate surface area is 308 Å². The van der Waals surface area contributed by atoms with E-state index in [4.69, 9.17) is 31.7 Å². The summed E-state index contributed by atoms with van der Waals surface area (Å²) in [6.07, 6.45) is 0. The second-order valence-electron chi connectivity index (χ2n) is 12.1. The molecule has 8 aromatic carbocycles. The molecule has 0 atom stereocenters. The third kappa shape index (κ3) is 5.13. The highest BCUT2D eigenvalue weighted by atomic mass is 16.3. The smallest absolute Gasteiger partial charge is 0.164 e. The monoisotopic (exact) mass is 661 g/mol. The number of fused-ring (bicyclic) bond motifs is 5. The maximum Gasteiger partial charge on any atom is 0.164 e. The lowest BCUT2D eigenvalue weighted by Crippen LogP contribution is -2.01. The molecule has 0 amide bonds. The number of nitrogens with zero attached hydrogens (tertiary/aromatic N) is 3. The SMILES string of the molecule is [2H]c1cc2c(oc3c([2H])cc([2H])c(-c4nc(-c5ccc(-c6c([2H])c([2H])c([2H])c([2H])c6[2H])c(-c6ccc7ccccc7c6)c5)nc(-c5ccc6ccccc6c5)n4)c32)c([2H])c1[2H]. The van der Waals surface area contributed by atoms with Gasteiger partial charge >= 0.3 is 0 Å². The average molecular weight is 662 g/mol. The Morgan fingerprint density at radius 1 is 0.392 bits per heavy atom. The fourth-order valence-corrected chi connectivity index (χ4v) is 6.60. The Kier molecular flexibility index (Phi) is 4.80. The number of hydrogen-bond donors (Lipinski definition) is 0. The van der Waals surface area contributed by atoms with Crippen molar-refractivity contribution in [3.63, 3.8) is 0 Å². The van der Waals surface area contributed by atoms with Gasteiger partial charge in [-0.3, -0.25) is 0 Å². The Morgan fingerprint density at radius 3 is 1.78 bits per heavy atom. The molecule has 10 rings (SSSR count). The predicted octanol–water partition coefficient (Wildman–Crippen LogP) is 12.4. The van der Waals surface area contributed by atoms with Crippen LogP contribution in [0.25, 0.3) is 99.9 Å². The number of furan rings is 1. The summed E-state index contributed by atoms with van der Waals surface area (Å²) >= 11 is 0. The molecular formula is C47H29N3O. The van der Waals surface area contributed by atoms with Gasteiger partial charge in [0, 0.05) is 27.5 Å². The van der Waals surface area contributed by atoms with E-state index in [-0.39, 0.29) is 92.8 Å². The Bertz CT molecular complexity index is 3490. The largest absolute Gasteiger partial charge is 0.456 e. The Balaban J connectivity index is 1.28. The van der Waals surface area contributed by atoms with Crippen molar-refractivity contribution in [3.8, 4) is 56.4 Å². The van der Waals surface area contributed by atoms with E-state index in [0.29, 0.717) is 27.8 Å². The zero-order chi connectivity index (χ0) is 42.4. The molecule has 0 aliphatic heterocycles. The summed E-state index contributed by atoms with van der Waals surface area (Å²) in [4.78, 5) is 14.9. The van der Waals surface area contributed by atoms with Gasteiger partial charge in [0.05, 0.1) is 13.7 Å². The van der Waals surface area contributed by atoms with Crippen LogP contribution in [0.2, 0.25) is 0 Å². The molecule has 0 saturated heterocycles. The van der Waals surface area contributed by atoms with E-state index in [0.717, 1.165) is 21.5 Å². The molecule has 10 aromatic rings. The van der Waals surface area contributed by atoms with Gasteiger partial charge in [-0.1, -0.05) is 145 Å². The minimum atomic E-state index is -0.494. The van der Waals surface area contributed by atoms with Crippen LogP contribution in [0.5, 0.6) is 0 Å². The summed E-state index contributed by atoms with van der Waals surface area (Å²) < 4.78 is 92.2. The molecule has 51 heavy (non-hydrogen) atoms. The molecule has 0 bridgehead atoms. The van der Waals surface area contributed by atoms with Crippen molar-refractivity contribution in [2.75, 3.05) is 0 Å². The summed E-state index contributed by atoms with van der Waals surface area (Å²) in [6, 6.07) is 32.1. The van der Waals surface area contributed by atoms with Crippen molar-refractivity contribution in [2.45, 2.75) is 0 Å². The quantitative estimate of drug-likeness (QED) is 0.184. The van der Waals surface area contributed by atoms with Crippen molar-refractivity contribution in [1.29, 1.82) is 0 Å². The number of para-hydroxylation sites is 1. The maximum atomic E-state index is 9.21. The molecule has 4 nitrogen and oxygen atoms in total. The molecule has 0 N–H and O–H groups in total. The van der Waals surface area contributed by atoms with Crippen molar-refractivity contribution >= 4 is 43.5 Å². The highest BCUT2D eigenvalue weighted by Gasteiger charge is 2.19. The molecule has 0 spiro atoms. The molecular weight excluding hydrogens is 623 g/mol. The van der Waals surface area contributed by atoms with Gasteiger partial charge in [0.1, 0.15) is 11.2 Å². The first kappa shape index (κ1) is 20.6. The average Bonchev–Trinajstić information content (AvgIpc) is 3.66. The topological polar surface area (TPSA) is 51.8 Å². The highest BCUT2D eigenvalue weighted by Crippen LogP contribution is 2.39. The summed E-state index contributed by atoms with van der Waals surface area (Å²) in [5.41, 5.74) is 3.07. The summed E-state index contributed by atoms with van der Waals surface area (Å²) in [7, 11) is 0. The van der Waals surface area contributed by atoms with Crippen LogP contribution in [0.15, 0.2) is 180 Å². The van der Waals surface area contributed by atoms with Crippen LogP contribution < -0.4 is 0 Å². The first-order valence-electron chi connectivity index (χ1n) is 21.3. The number of benzene rings is 8. The second kappa shape index (κ2) is 11.9. The standard InChI is InChI=1S/C47H29N3O/c1-2-13-32(14-3-1)38-26-25-37(29-41(38)35-23-21-30-11-4-6-15-33(30)27-35)46-48-45(36-24-22-31-12-5-7-16-34(31)28-36)49-47(50-46)40-18-10-20-43-44(40)39-17-8-9-19-42(39)51-43/h1-29H/i1D,2D,3D,8D,9D,13D,14D,18D,19D,20D. The van der Waals surface area contributed by atoms with Crippen LogP contribution in [0.3, 0.4) is 0 Å². The lowest BCUT2D eigenvalue weighted by atomic mass is 9.91. The van der Waals surface area contributed by atoms with Crippen LogP contribution in [-0.2, 0) is 0 Å². The molecule has 0 fully saturated rings. The van der Waals surface area contributed by atoms with Gasteiger partial charge in [0.2, 0.25) is 0 Å². The molecule has 2 aromatic heterocycles. The van der Waals surface area contributed by atoms with E-state index in [2.05, 4.69) is 0 Å². The number of rotatable bonds is 5. The van der Waals surface area contributed by atoms with Crippen molar-refractivity contribution in [2.24, 2.45) is 0 Å². The van der Waals surface area contributed by atoms with Crippen LogP contribution in [0.1, 0.15) is 13.7 Å². The first-order valence-corrected chi connectivity index (χ1v) is 16.3. The van der Waals surface area contributed by atoms with Gasteiger partial charge in [-0.05, 0) is 74.1 Å². The molecule has 2 heterocycles. The summed E-state index contributed by atoms with van der Waals surface area (Å²) in [5.74, 6) is 0.508. The first-order chi connectivity index (χ1) is 29.4. The molecule has 4 heteroatoms. The van der Waals surface area contributed by atoms with Crippen LogP contribution in [0, 0.1) is 0 Å². The van der Waals surface area contributed by atoms with Crippen LogP contribution in [0.4, 0.5) is 0 Å². The van der Waals surface area contributed by atoms with Gasteiger partial charge in [-0.15, -0.1) is 0 Å². The number of hydrogen-bond acceptors (Lipinski definition) is 4. The van der Waals surface area contributed by atoms with E-state index in [9.17, 15) is 1.37 Å².